The highest BCUT2D eigenvalue weighted by atomic mass is 127. The Morgan fingerprint density at radius 1 is 1.23 bits per heavy atom. The predicted molar refractivity (Wildman–Crippen MR) is 105 cm³/mol. The summed E-state index contributed by atoms with van der Waals surface area (Å²) >= 11 is 2.15. The van der Waals surface area contributed by atoms with Gasteiger partial charge < -0.3 is 15.0 Å². The molecule has 0 aromatic heterocycles. The van der Waals surface area contributed by atoms with Crippen molar-refractivity contribution in [3.63, 3.8) is 0 Å². The zero-order valence-electron chi connectivity index (χ0n) is 14.6. The van der Waals surface area contributed by atoms with Crippen molar-refractivity contribution in [2.75, 3.05) is 13.1 Å². The van der Waals surface area contributed by atoms with Crippen molar-refractivity contribution in [3.8, 4) is 0 Å². The Morgan fingerprint density at radius 2 is 2.00 bits per heavy atom. The zero-order chi connectivity index (χ0) is 18.5. The number of benzene rings is 1. The Bertz CT molecular complexity index is 688. The number of rotatable bonds is 4. The molecule has 2 aliphatic rings. The summed E-state index contributed by atoms with van der Waals surface area (Å²) in [6.45, 7) is 0.778. The second kappa shape index (κ2) is 8.83. The normalized spacial score (nSPS) is 21.2. The van der Waals surface area contributed by atoms with Crippen molar-refractivity contribution in [1.29, 1.82) is 0 Å². The topological polar surface area (TPSA) is 75.7 Å². The average Bonchev–Trinajstić information content (AvgIpc) is 2.63. The van der Waals surface area contributed by atoms with Gasteiger partial charge >= 0.3 is 5.97 Å². The molecule has 1 aromatic carbocycles. The van der Waals surface area contributed by atoms with E-state index in [2.05, 4.69) is 27.9 Å². The Hall–Kier alpha value is -1.64. The Morgan fingerprint density at radius 3 is 2.73 bits per heavy atom. The van der Waals surface area contributed by atoms with E-state index >= 15 is 0 Å². The highest BCUT2D eigenvalue weighted by Crippen LogP contribution is 2.22. The molecule has 1 aliphatic heterocycles. The molecule has 1 aromatic rings. The van der Waals surface area contributed by atoms with E-state index in [-0.39, 0.29) is 24.3 Å². The summed E-state index contributed by atoms with van der Waals surface area (Å²) < 4.78 is 6.48. The fourth-order valence-electron chi connectivity index (χ4n) is 3.52. The van der Waals surface area contributed by atoms with Gasteiger partial charge in [0, 0.05) is 22.2 Å². The molecular weight excluding hydrogens is 447 g/mol. The summed E-state index contributed by atoms with van der Waals surface area (Å²) in [5, 5.41) is 2.75. The molecule has 1 saturated heterocycles. The fourth-order valence-corrected chi connectivity index (χ4v) is 4.07. The van der Waals surface area contributed by atoms with Gasteiger partial charge in [0.1, 0.15) is 12.1 Å². The minimum Gasteiger partial charge on any atom is -0.462 e. The molecule has 2 fully saturated rings. The molecule has 3 rings (SSSR count). The zero-order valence-corrected chi connectivity index (χ0v) is 16.7. The lowest BCUT2D eigenvalue weighted by Crippen LogP contribution is -2.58. The van der Waals surface area contributed by atoms with Crippen LogP contribution in [0, 0.1) is 3.57 Å². The summed E-state index contributed by atoms with van der Waals surface area (Å²) in [5.41, 5.74) is 0.525. The number of nitrogens with one attached hydrogen (secondary N) is 1. The Balaban J connectivity index is 1.68. The number of hydrogen-bond donors (Lipinski definition) is 1. The maximum absolute atomic E-state index is 12.9. The minimum absolute atomic E-state index is 0.0530. The molecule has 1 N–H and O–H groups in total. The third-order valence-electron chi connectivity index (χ3n) is 4.87. The molecule has 1 saturated carbocycles. The number of piperazine rings is 1. The van der Waals surface area contributed by atoms with Crippen molar-refractivity contribution < 1.29 is 19.1 Å². The quantitative estimate of drug-likeness (QED) is 0.542. The van der Waals surface area contributed by atoms with Crippen LogP contribution < -0.4 is 5.32 Å². The summed E-state index contributed by atoms with van der Waals surface area (Å²) in [4.78, 5) is 39.0. The summed E-state index contributed by atoms with van der Waals surface area (Å²) in [7, 11) is 0. The molecule has 1 unspecified atom stereocenters. The second-order valence-corrected chi connectivity index (χ2v) is 8.02. The highest BCUT2D eigenvalue weighted by molar-refractivity contribution is 14.1. The van der Waals surface area contributed by atoms with Crippen LogP contribution in [-0.4, -0.2) is 47.9 Å². The number of amides is 2. The molecule has 0 spiro atoms. The summed E-state index contributed by atoms with van der Waals surface area (Å²) in [6.07, 6.45) is 4.93. The van der Waals surface area contributed by atoms with Crippen molar-refractivity contribution in [3.05, 3.63) is 33.4 Å². The predicted octanol–water partition coefficient (Wildman–Crippen LogP) is 2.50. The van der Waals surface area contributed by atoms with Crippen molar-refractivity contribution in [1.82, 2.24) is 10.2 Å². The van der Waals surface area contributed by atoms with Crippen LogP contribution >= 0.6 is 22.6 Å². The van der Waals surface area contributed by atoms with E-state index in [4.69, 9.17) is 4.74 Å². The number of hydrogen-bond acceptors (Lipinski definition) is 4. The maximum atomic E-state index is 12.9. The number of carbonyl (C=O) groups excluding carboxylic acids is 3. The molecule has 2 amide bonds. The van der Waals surface area contributed by atoms with Gasteiger partial charge in [0.05, 0.1) is 6.42 Å². The van der Waals surface area contributed by atoms with Gasteiger partial charge in [0.15, 0.2) is 0 Å². The molecule has 1 aliphatic carbocycles. The third-order valence-corrected chi connectivity index (χ3v) is 5.54. The van der Waals surface area contributed by atoms with Crippen LogP contribution in [0.4, 0.5) is 0 Å². The van der Waals surface area contributed by atoms with Crippen molar-refractivity contribution >= 4 is 40.4 Å². The smallest absolute Gasteiger partial charge is 0.308 e. The van der Waals surface area contributed by atoms with Crippen LogP contribution in [0.2, 0.25) is 0 Å². The number of esters is 1. The van der Waals surface area contributed by atoms with E-state index in [1.165, 1.54) is 11.3 Å². The molecule has 140 valence electrons. The highest BCUT2D eigenvalue weighted by Gasteiger charge is 2.36. The lowest BCUT2D eigenvalue weighted by molar-refractivity contribution is -0.153. The fraction of sp³-hybridized carbons (Fsp3) is 0.526. The molecule has 7 heteroatoms. The number of ether oxygens (including phenoxy) is 1. The van der Waals surface area contributed by atoms with Crippen molar-refractivity contribution in [2.45, 2.75) is 50.7 Å². The lowest BCUT2D eigenvalue weighted by Gasteiger charge is -2.35. The first kappa shape index (κ1) is 19.1. The van der Waals surface area contributed by atoms with E-state index in [0.29, 0.717) is 18.7 Å². The molecule has 0 bridgehead atoms. The largest absolute Gasteiger partial charge is 0.462 e. The summed E-state index contributed by atoms with van der Waals surface area (Å²) in [6, 6.07) is 6.41. The van der Waals surface area contributed by atoms with E-state index in [1.807, 2.05) is 12.1 Å². The van der Waals surface area contributed by atoms with Gasteiger partial charge in [0.25, 0.3) is 5.91 Å². The standard InChI is InChI=1S/C19H23IN2O4/c20-14-6-4-5-13(11-14)19(25)22-10-9-21-18(24)16(22)12-17(23)26-15-7-2-1-3-8-15/h4-6,11,15-16H,1-3,7-10,12H2,(H,21,24). The van der Waals surface area contributed by atoms with Crippen LogP contribution in [0.1, 0.15) is 48.9 Å². The van der Waals surface area contributed by atoms with Gasteiger partial charge in [0.2, 0.25) is 5.91 Å². The molecule has 1 heterocycles. The van der Waals surface area contributed by atoms with Crippen LogP contribution in [0.15, 0.2) is 24.3 Å². The summed E-state index contributed by atoms with van der Waals surface area (Å²) in [5.74, 6) is -0.927. The SMILES string of the molecule is O=C(CC1C(=O)NCCN1C(=O)c1cccc(I)c1)OC1CCCCC1. The van der Waals surface area contributed by atoms with Crippen molar-refractivity contribution in [2.24, 2.45) is 0 Å². The van der Waals surface area contributed by atoms with Crippen LogP contribution in [0.5, 0.6) is 0 Å². The van der Waals surface area contributed by atoms with Crippen LogP contribution in [0.3, 0.4) is 0 Å². The first-order valence-electron chi connectivity index (χ1n) is 9.08. The minimum atomic E-state index is -0.815. The number of carbonyl (C=O) groups is 3. The maximum Gasteiger partial charge on any atom is 0.308 e. The first-order valence-corrected chi connectivity index (χ1v) is 10.2. The molecule has 1 atom stereocenters. The molecular formula is C19H23IN2O4. The second-order valence-electron chi connectivity index (χ2n) is 6.77. The van der Waals surface area contributed by atoms with Gasteiger partial charge in [-0.05, 0) is 66.5 Å². The third kappa shape index (κ3) is 4.75. The molecule has 0 radical (unpaired) electrons. The Kier molecular flexibility index (Phi) is 6.50. The monoisotopic (exact) mass is 470 g/mol. The van der Waals surface area contributed by atoms with E-state index in [9.17, 15) is 14.4 Å². The lowest BCUT2D eigenvalue weighted by atomic mass is 9.98. The van der Waals surface area contributed by atoms with E-state index < -0.39 is 12.0 Å². The van der Waals surface area contributed by atoms with Gasteiger partial charge in [-0.3, -0.25) is 14.4 Å². The van der Waals surface area contributed by atoms with E-state index in [1.54, 1.807) is 12.1 Å². The van der Waals surface area contributed by atoms with Gasteiger partial charge in [-0.15, -0.1) is 0 Å². The average molecular weight is 470 g/mol. The molecule has 6 nitrogen and oxygen atoms in total. The number of nitrogens with zero attached hydrogens (tertiary/aromatic N) is 1. The number of halogens is 1. The van der Waals surface area contributed by atoms with Crippen LogP contribution in [-0.2, 0) is 14.3 Å². The van der Waals surface area contributed by atoms with E-state index in [0.717, 1.165) is 29.3 Å². The molecule has 26 heavy (non-hydrogen) atoms. The van der Waals surface area contributed by atoms with Gasteiger partial charge in [-0.25, -0.2) is 0 Å². The van der Waals surface area contributed by atoms with Gasteiger partial charge in [-0.2, -0.15) is 0 Å². The Labute approximate surface area is 166 Å². The first-order chi connectivity index (χ1) is 12.5. The van der Waals surface area contributed by atoms with Gasteiger partial charge in [-0.1, -0.05) is 12.5 Å². The van der Waals surface area contributed by atoms with Crippen LogP contribution in [0.25, 0.3) is 0 Å².